The van der Waals surface area contributed by atoms with Crippen molar-refractivity contribution >= 4 is 16.0 Å². The molecule has 26 heavy (non-hydrogen) atoms. The Morgan fingerprint density at radius 2 is 1.92 bits per heavy atom. The fourth-order valence-corrected chi connectivity index (χ4v) is 4.07. The predicted octanol–water partition coefficient (Wildman–Crippen LogP) is 2.29. The minimum absolute atomic E-state index is 0.0459. The van der Waals surface area contributed by atoms with Gasteiger partial charge in [0.15, 0.2) is 0 Å². The smallest absolute Gasteiger partial charge is 0.335 e. The molecule has 8 heteroatoms. The van der Waals surface area contributed by atoms with Gasteiger partial charge in [-0.05, 0) is 38.0 Å². The van der Waals surface area contributed by atoms with Gasteiger partial charge in [-0.1, -0.05) is 12.1 Å². The van der Waals surface area contributed by atoms with E-state index in [0.29, 0.717) is 24.6 Å². The fraction of sp³-hybridized carbons (Fsp3) is 0.389. The van der Waals surface area contributed by atoms with Gasteiger partial charge < -0.3 is 5.11 Å². The van der Waals surface area contributed by atoms with E-state index in [4.69, 9.17) is 5.11 Å². The Bertz CT molecular complexity index is 926. The molecule has 1 aliphatic rings. The molecule has 2 heterocycles. The monoisotopic (exact) mass is 375 g/mol. The summed E-state index contributed by atoms with van der Waals surface area (Å²) in [6, 6.07) is 8.37. The van der Waals surface area contributed by atoms with E-state index < -0.39 is 16.0 Å². The number of carbonyl (C=O) groups is 1. The van der Waals surface area contributed by atoms with E-state index in [9.17, 15) is 13.2 Å². The Morgan fingerprint density at radius 3 is 2.54 bits per heavy atom. The summed E-state index contributed by atoms with van der Waals surface area (Å²) < 4.78 is 25.2. The summed E-state index contributed by atoms with van der Waals surface area (Å²) in [6.45, 7) is 2.79. The molecule has 1 N–H and O–H groups in total. The number of piperidine rings is 1. The second kappa shape index (κ2) is 7.13. The Balaban J connectivity index is 1.91. The second-order valence-electron chi connectivity index (χ2n) is 6.60. The number of aromatic nitrogens is 2. The molecule has 1 aliphatic heterocycles. The van der Waals surface area contributed by atoms with E-state index in [1.54, 1.807) is 24.3 Å². The lowest BCUT2D eigenvalue weighted by atomic mass is 9.98. The third kappa shape index (κ3) is 4.08. The molecule has 1 atom stereocenters. The average Bonchev–Trinajstić information content (AvgIpc) is 2.60. The largest absolute Gasteiger partial charge is 0.478 e. The standard InChI is InChI=1S/C18H21N3O4S/c1-12-10-16(13-5-7-14(8-6-13)18(22)23)20-17(19-12)15-4-3-9-21(11-15)26(2,24)25/h5-8,10,15H,3-4,9,11H2,1-2H3,(H,22,23). The van der Waals surface area contributed by atoms with E-state index in [1.165, 1.54) is 10.6 Å². The first-order valence-corrected chi connectivity index (χ1v) is 10.2. The minimum Gasteiger partial charge on any atom is -0.478 e. The van der Waals surface area contributed by atoms with Crippen LogP contribution in [0.3, 0.4) is 0 Å². The summed E-state index contributed by atoms with van der Waals surface area (Å²) in [5.74, 6) is -0.384. The lowest BCUT2D eigenvalue weighted by Crippen LogP contribution is -2.38. The van der Waals surface area contributed by atoms with Crippen molar-refractivity contribution in [3.05, 3.63) is 47.4 Å². The van der Waals surface area contributed by atoms with Crippen LogP contribution in [0.2, 0.25) is 0 Å². The number of hydrogen-bond acceptors (Lipinski definition) is 5. The average molecular weight is 375 g/mol. The maximum Gasteiger partial charge on any atom is 0.335 e. The molecule has 0 saturated carbocycles. The first kappa shape index (κ1) is 18.5. The Hall–Kier alpha value is -2.32. The Labute approximate surface area is 152 Å². The summed E-state index contributed by atoms with van der Waals surface area (Å²) in [4.78, 5) is 20.2. The van der Waals surface area contributed by atoms with Crippen molar-refractivity contribution in [2.75, 3.05) is 19.3 Å². The molecule has 1 saturated heterocycles. The molecule has 7 nitrogen and oxygen atoms in total. The van der Waals surface area contributed by atoms with Crippen molar-refractivity contribution in [3.63, 3.8) is 0 Å². The first-order chi connectivity index (χ1) is 12.2. The number of hydrogen-bond donors (Lipinski definition) is 1. The molecule has 1 aromatic carbocycles. The van der Waals surface area contributed by atoms with Gasteiger partial charge in [0.25, 0.3) is 0 Å². The van der Waals surface area contributed by atoms with E-state index >= 15 is 0 Å². The van der Waals surface area contributed by atoms with Crippen LogP contribution in [0.5, 0.6) is 0 Å². The quantitative estimate of drug-likeness (QED) is 0.880. The van der Waals surface area contributed by atoms with Gasteiger partial charge in [-0.25, -0.2) is 27.5 Å². The summed E-state index contributed by atoms with van der Waals surface area (Å²) in [6.07, 6.45) is 2.84. The first-order valence-electron chi connectivity index (χ1n) is 8.38. The summed E-state index contributed by atoms with van der Waals surface area (Å²) in [5.41, 5.74) is 2.53. The van der Waals surface area contributed by atoms with Crippen molar-refractivity contribution in [2.24, 2.45) is 0 Å². The fourth-order valence-electron chi connectivity index (χ4n) is 3.16. The highest BCUT2D eigenvalue weighted by molar-refractivity contribution is 7.88. The minimum atomic E-state index is -3.23. The summed E-state index contributed by atoms with van der Waals surface area (Å²) in [5, 5.41) is 9.02. The number of sulfonamides is 1. The van der Waals surface area contributed by atoms with Gasteiger partial charge in [-0.2, -0.15) is 0 Å². The predicted molar refractivity (Wildman–Crippen MR) is 97.6 cm³/mol. The lowest BCUT2D eigenvalue weighted by molar-refractivity contribution is 0.0697. The van der Waals surface area contributed by atoms with Gasteiger partial charge >= 0.3 is 5.97 Å². The molecule has 0 amide bonds. The van der Waals surface area contributed by atoms with Crippen LogP contribution in [0.1, 0.15) is 40.6 Å². The number of rotatable bonds is 4. The second-order valence-corrected chi connectivity index (χ2v) is 8.58. The van der Waals surface area contributed by atoms with E-state index in [2.05, 4.69) is 9.97 Å². The number of carboxylic acids is 1. The molecule has 1 unspecified atom stereocenters. The van der Waals surface area contributed by atoms with Gasteiger partial charge in [0.1, 0.15) is 5.82 Å². The van der Waals surface area contributed by atoms with Crippen molar-refractivity contribution in [2.45, 2.75) is 25.7 Å². The number of aryl methyl sites for hydroxylation is 1. The van der Waals surface area contributed by atoms with Crippen LogP contribution in [0, 0.1) is 6.92 Å². The number of carboxylic acid groups (broad SMARTS) is 1. The van der Waals surface area contributed by atoms with Crippen LogP contribution in [0.25, 0.3) is 11.3 Å². The molecule has 0 bridgehead atoms. The molecule has 0 spiro atoms. The third-order valence-corrected chi connectivity index (χ3v) is 5.79. The van der Waals surface area contributed by atoms with Crippen LogP contribution in [-0.2, 0) is 10.0 Å². The van der Waals surface area contributed by atoms with Crippen LogP contribution in [-0.4, -0.2) is 53.1 Å². The highest BCUT2D eigenvalue weighted by Crippen LogP contribution is 2.28. The molecule has 138 valence electrons. The molecule has 2 aromatic rings. The maximum absolute atomic E-state index is 11.8. The highest BCUT2D eigenvalue weighted by Gasteiger charge is 2.28. The number of nitrogens with zero attached hydrogens (tertiary/aromatic N) is 3. The van der Waals surface area contributed by atoms with E-state index in [0.717, 1.165) is 24.1 Å². The molecular formula is C18H21N3O4S. The van der Waals surface area contributed by atoms with Gasteiger partial charge in [0, 0.05) is 30.3 Å². The normalized spacial score (nSPS) is 18.6. The zero-order chi connectivity index (χ0) is 18.9. The highest BCUT2D eigenvalue weighted by atomic mass is 32.2. The maximum atomic E-state index is 11.8. The zero-order valence-electron chi connectivity index (χ0n) is 14.7. The number of benzene rings is 1. The van der Waals surface area contributed by atoms with Crippen molar-refractivity contribution < 1.29 is 18.3 Å². The molecule has 0 aliphatic carbocycles. The SMILES string of the molecule is Cc1cc(-c2ccc(C(=O)O)cc2)nc(C2CCCN(S(C)(=O)=O)C2)n1. The van der Waals surface area contributed by atoms with Crippen LogP contribution >= 0.6 is 0 Å². The Kier molecular flexibility index (Phi) is 5.06. The molecule has 3 rings (SSSR count). The van der Waals surface area contributed by atoms with E-state index in [-0.39, 0.29) is 11.5 Å². The number of aromatic carboxylic acids is 1. The lowest BCUT2D eigenvalue weighted by Gasteiger charge is -2.30. The van der Waals surface area contributed by atoms with Crippen LogP contribution < -0.4 is 0 Å². The zero-order valence-corrected chi connectivity index (χ0v) is 15.5. The van der Waals surface area contributed by atoms with Crippen molar-refractivity contribution in [1.82, 2.24) is 14.3 Å². The van der Waals surface area contributed by atoms with E-state index in [1.807, 2.05) is 13.0 Å². The summed E-state index contributed by atoms with van der Waals surface area (Å²) in [7, 11) is -3.23. The Morgan fingerprint density at radius 1 is 1.23 bits per heavy atom. The van der Waals surface area contributed by atoms with Gasteiger partial charge in [0.2, 0.25) is 10.0 Å². The van der Waals surface area contributed by atoms with Crippen LogP contribution in [0.4, 0.5) is 0 Å². The van der Waals surface area contributed by atoms with Crippen molar-refractivity contribution in [1.29, 1.82) is 0 Å². The van der Waals surface area contributed by atoms with Gasteiger partial charge in [-0.15, -0.1) is 0 Å². The molecular weight excluding hydrogens is 354 g/mol. The summed E-state index contributed by atoms with van der Waals surface area (Å²) >= 11 is 0. The molecule has 1 aromatic heterocycles. The van der Waals surface area contributed by atoms with Crippen LogP contribution in [0.15, 0.2) is 30.3 Å². The topological polar surface area (TPSA) is 100 Å². The third-order valence-electron chi connectivity index (χ3n) is 4.52. The van der Waals surface area contributed by atoms with Gasteiger partial charge in [-0.3, -0.25) is 0 Å². The van der Waals surface area contributed by atoms with Crippen molar-refractivity contribution in [3.8, 4) is 11.3 Å². The van der Waals surface area contributed by atoms with Gasteiger partial charge in [0.05, 0.1) is 17.5 Å². The molecule has 0 radical (unpaired) electrons. The molecule has 1 fully saturated rings.